The van der Waals surface area contributed by atoms with Gasteiger partial charge in [-0.3, -0.25) is 5.43 Å². The van der Waals surface area contributed by atoms with E-state index in [0.717, 1.165) is 35.6 Å². The number of nitrogens with one attached hydrogen (secondary N) is 1. The zero-order chi connectivity index (χ0) is 14.8. The fourth-order valence-electron chi connectivity index (χ4n) is 2.73. The van der Waals surface area contributed by atoms with Crippen LogP contribution in [0, 0.1) is 6.92 Å². The lowest BCUT2D eigenvalue weighted by Gasteiger charge is -2.28. The molecule has 0 amide bonds. The van der Waals surface area contributed by atoms with Gasteiger partial charge in [-0.2, -0.15) is 4.98 Å². The van der Waals surface area contributed by atoms with Crippen LogP contribution in [0.2, 0.25) is 0 Å². The molecule has 1 unspecified atom stereocenters. The third-order valence-corrected chi connectivity index (χ3v) is 4.68. The number of ether oxygens (including phenoxy) is 1. The summed E-state index contributed by atoms with van der Waals surface area (Å²) < 4.78 is 5.82. The quantitative estimate of drug-likeness (QED) is 0.667. The van der Waals surface area contributed by atoms with Crippen LogP contribution in [-0.2, 0) is 4.74 Å². The number of hydrogen-bond donors (Lipinski definition) is 2. The minimum Gasteiger partial charge on any atom is -0.376 e. The van der Waals surface area contributed by atoms with Crippen LogP contribution in [0.15, 0.2) is 6.07 Å². The van der Waals surface area contributed by atoms with Crippen LogP contribution in [0.4, 0.5) is 11.8 Å². The number of fused-ring (bicyclic) bond motifs is 1. The van der Waals surface area contributed by atoms with Crippen molar-refractivity contribution in [3.05, 3.63) is 10.9 Å². The summed E-state index contributed by atoms with van der Waals surface area (Å²) in [6.45, 7) is 3.78. The van der Waals surface area contributed by atoms with E-state index in [1.54, 1.807) is 11.3 Å². The molecule has 0 aromatic carbocycles. The summed E-state index contributed by atoms with van der Waals surface area (Å²) in [5.74, 6) is 6.85. The van der Waals surface area contributed by atoms with Crippen LogP contribution in [0.3, 0.4) is 0 Å². The molecule has 1 fully saturated rings. The maximum atomic E-state index is 5.82. The topological polar surface area (TPSA) is 76.3 Å². The summed E-state index contributed by atoms with van der Waals surface area (Å²) in [7, 11) is 2.05. The largest absolute Gasteiger partial charge is 0.376 e. The molecular weight excluding hydrogens is 286 g/mol. The second-order valence-electron chi connectivity index (χ2n) is 5.46. The Kier molecular flexibility index (Phi) is 4.23. The van der Waals surface area contributed by atoms with Gasteiger partial charge in [-0.25, -0.2) is 10.8 Å². The molecule has 0 radical (unpaired) electrons. The highest BCUT2D eigenvalue weighted by molar-refractivity contribution is 7.18. The number of hydrogen-bond acceptors (Lipinski definition) is 7. The molecule has 3 N–H and O–H groups in total. The van der Waals surface area contributed by atoms with Gasteiger partial charge in [0.05, 0.1) is 11.5 Å². The van der Waals surface area contributed by atoms with E-state index in [1.165, 1.54) is 17.7 Å². The Morgan fingerprint density at radius 3 is 3.05 bits per heavy atom. The van der Waals surface area contributed by atoms with Gasteiger partial charge in [0.25, 0.3) is 0 Å². The summed E-state index contributed by atoms with van der Waals surface area (Å²) in [5, 5.41) is 1.08. The highest BCUT2D eigenvalue weighted by Gasteiger charge is 2.19. The van der Waals surface area contributed by atoms with Crippen LogP contribution in [0.5, 0.6) is 0 Å². The summed E-state index contributed by atoms with van der Waals surface area (Å²) in [4.78, 5) is 13.3. The number of nitrogens with zero attached hydrogens (tertiary/aromatic N) is 3. The fraction of sp³-hybridized carbons (Fsp3) is 0.571. The fourth-order valence-corrected chi connectivity index (χ4v) is 3.60. The Bertz CT molecular complexity index is 623. The molecule has 0 spiro atoms. The number of hydrazine groups is 1. The van der Waals surface area contributed by atoms with E-state index in [-0.39, 0.29) is 6.10 Å². The first-order valence-electron chi connectivity index (χ1n) is 7.25. The van der Waals surface area contributed by atoms with E-state index in [9.17, 15) is 0 Å². The average molecular weight is 307 g/mol. The molecule has 3 rings (SSSR count). The van der Waals surface area contributed by atoms with Crippen molar-refractivity contribution in [2.45, 2.75) is 32.3 Å². The van der Waals surface area contributed by atoms with Gasteiger partial charge in [-0.1, -0.05) is 0 Å². The van der Waals surface area contributed by atoms with E-state index in [2.05, 4.69) is 33.3 Å². The smallest absolute Gasteiger partial charge is 0.240 e. The number of thiophene rings is 1. The van der Waals surface area contributed by atoms with Crippen molar-refractivity contribution in [3.63, 3.8) is 0 Å². The molecule has 1 aliphatic rings. The minimum atomic E-state index is 0.280. The summed E-state index contributed by atoms with van der Waals surface area (Å²) >= 11 is 1.65. The molecule has 1 aliphatic heterocycles. The number of likely N-dealkylation sites (N-methyl/N-ethyl adjacent to an activating group) is 1. The standard InChI is InChI=1S/C14H21N5OS/c1-9-7-11-12(16-14(18-15)17-13(11)21-9)19(2)8-10-5-3-4-6-20-10/h7,10H,3-6,8,15H2,1-2H3,(H,16,17,18). The maximum absolute atomic E-state index is 5.82. The number of nitrogen functional groups attached to an aromatic ring is 1. The lowest BCUT2D eigenvalue weighted by Crippen LogP contribution is -2.34. The van der Waals surface area contributed by atoms with Crippen molar-refractivity contribution < 1.29 is 4.74 Å². The van der Waals surface area contributed by atoms with Gasteiger partial charge in [0.2, 0.25) is 5.95 Å². The molecule has 1 atom stereocenters. The van der Waals surface area contributed by atoms with Crippen molar-refractivity contribution >= 4 is 33.3 Å². The van der Waals surface area contributed by atoms with Gasteiger partial charge in [0.15, 0.2) is 0 Å². The van der Waals surface area contributed by atoms with Crippen molar-refractivity contribution in [2.75, 3.05) is 30.5 Å². The number of aryl methyl sites for hydroxylation is 1. The molecule has 2 aromatic rings. The van der Waals surface area contributed by atoms with Gasteiger partial charge < -0.3 is 9.64 Å². The molecule has 7 heteroatoms. The number of rotatable bonds is 4. The Morgan fingerprint density at radius 1 is 1.48 bits per heavy atom. The first-order valence-corrected chi connectivity index (χ1v) is 8.06. The lowest BCUT2D eigenvalue weighted by molar-refractivity contribution is 0.0215. The zero-order valence-corrected chi connectivity index (χ0v) is 13.2. The summed E-state index contributed by atoms with van der Waals surface area (Å²) in [5.41, 5.74) is 2.55. The average Bonchev–Trinajstić information content (AvgIpc) is 2.87. The number of nitrogens with two attached hydrogens (primary N) is 1. The molecule has 3 heterocycles. The Morgan fingerprint density at radius 2 is 2.33 bits per heavy atom. The van der Waals surface area contributed by atoms with E-state index in [1.807, 2.05) is 7.05 Å². The van der Waals surface area contributed by atoms with Gasteiger partial charge in [0, 0.05) is 25.1 Å². The molecule has 6 nitrogen and oxygen atoms in total. The van der Waals surface area contributed by atoms with Crippen molar-refractivity contribution in [1.82, 2.24) is 9.97 Å². The second-order valence-corrected chi connectivity index (χ2v) is 6.69. The number of aromatic nitrogens is 2. The molecule has 0 saturated carbocycles. The van der Waals surface area contributed by atoms with Crippen molar-refractivity contribution in [3.8, 4) is 0 Å². The molecule has 1 saturated heterocycles. The van der Waals surface area contributed by atoms with E-state index in [0.29, 0.717) is 5.95 Å². The SMILES string of the molecule is Cc1cc2c(N(C)CC3CCCCO3)nc(NN)nc2s1. The third kappa shape index (κ3) is 3.09. The first kappa shape index (κ1) is 14.5. The highest BCUT2D eigenvalue weighted by Crippen LogP contribution is 2.31. The molecular formula is C14H21N5OS. The van der Waals surface area contributed by atoms with Crippen LogP contribution < -0.4 is 16.2 Å². The predicted octanol–water partition coefficient (Wildman–Crippen LogP) is 2.29. The minimum absolute atomic E-state index is 0.280. The Labute approximate surface area is 128 Å². The van der Waals surface area contributed by atoms with Crippen LogP contribution in [0.25, 0.3) is 10.2 Å². The molecule has 21 heavy (non-hydrogen) atoms. The molecule has 0 bridgehead atoms. The lowest BCUT2D eigenvalue weighted by atomic mass is 10.1. The molecule has 0 aliphatic carbocycles. The predicted molar refractivity (Wildman–Crippen MR) is 86.8 cm³/mol. The Balaban J connectivity index is 1.89. The highest BCUT2D eigenvalue weighted by atomic mass is 32.1. The third-order valence-electron chi connectivity index (χ3n) is 3.74. The maximum Gasteiger partial charge on any atom is 0.240 e. The van der Waals surface area contributed by atoms with Gasteiger partial charge >= 0.3 is 0 Å². The van der Waals surface area contributed by atoms with Crippen LogP contribution in [-0.4, -0.2) is 36.3 Å². The molecule has 2 aromatic heterocycles. The van der Waals surface area contributed by atoms with Crippen LogP contribution >= 0.6 is 11.3 Å². The van der Waals surface area contributed by atoms with Crippen molar-refractivity contribution in [1.29, 1.82) is 0 Å². The molecule has 114 valence electrons. The van der Waals surface area contributed by atoms with Crippen LogP contribution in [0.1, 0.15) is 24.1 Å². The van der Waals surface area contributed by atoms with E-state index in [4.69, 9.17) is 10.6 Å². The summed E-state index contributed by atoms with van der Waals surface area (Å²) in [6.07, 6.45) is 3.81. The Hall–Kier alpha value is -1.44. The number of anilines is 2. The van der Waals surface area contributed by atoms with Gasteiger partial charge in [0.1, 0.15) is 10.6 Å². The van der Waals surface area contributed by atoms with E-state index < -0.39 is 0 Å². The monoisotopic (exact) mass is 307 g/mol. The van der Waals surface area contributed by atoms with Crippen molar-refractivity contribution in [2.24, 2.45) is 5.84 Å². The summed E-state index contributed by atoms with van der Waals surface area (Å²) in [6, 6.07) is 2.13. The van der Waals surface area contributed by atoms with Gasteiger partial charge in [-0.15, -0.1) is 11.3 Å². The first-order chi connectivity index (χ1) is 10.2. The normalized spacial score (nSPS) is 18.9. The second kappa shape index (κ2) is 6.13. The van der Waals surface area contributed by atoms with Gasteiger partial charge in [-0.05, 0) is 32.3 Å². The zero-order valence-electron chi connectivity index (χ0n) is 12.4. The van der Waals surface area contributed by atoms with E-state index >= 15 is 0 Å².